The van der Waals surface area contributed by atoms with Gasteiger partial charge >= 0.3 is 0 Å². The number of hydrogen-bond acceptors (Lipinski definition) is 2. The topological polar surface area (TPSA) is 12.0 Å². The summed E-state index contributed by atoms with van der Waals surface area (Å²) >= 11 is 1.94. The van der Waals surface area contributed by atoms with Crippen molar-refractivity contribution in [2.75, 3.05) is 6.54 Å². The molecular weight excluding hydrogens is 214 g/mol. The van der Waals surface area contributed by atoms with Crippen LogP contribution in [0.2, 0.25) is 0 Å². The van der Waals surface area contributed by atoms with Gasteiger partial charge < -0.3 is 5.32 Å². The first-order chi connectivity index (χ1) is 7.53. The van der Waals surface area contributed by atoms with Crippen LogP contribution in [0.25, 0.3) is 0 Å². The minimum absolute atomic E-state index is 0.359. The van der Waals surface area contributed by atoms with Gasteiger partial charge in [-0.05, 0) is 57.2 Å². The third kappa shape index (κ3) is 2.18. The van der Waals surface area contributed by atoms with Crippen molar-refractivity contribution in [3.8, 4) is 0 Å². The number of aryl methyl sites for hydroxylation is 2. The van der Waals surface area contributed by atoms with Gasteiger partial charge in [-0.2, -0.15) is 0 Å². The Kier molecular flexibility index (Phi) is 3.41. The summed E-state index contributed by atoms with van der Waals surface area (Å²) in [6.45, 7) is 10.4. The van der Waals surface area contributed by atoms with Gasteiger partial charge in [-0.25, -0.2) is 0 Å². The Hall–Kier alpha value is -0.340. The van der Waals surface area contributed by atoms with Crippen LogP contribution in [0.1, 0.15) is 42.0 Å². The number of thiophene rings is 1. The number of nitrogens with one attached hydrogen (secondary N) is 1. The molecule has 2 heterocycles. The van der Waals surface area contributed by atoms with E-state index in [-0.39, 0.29) is 0 Å². The minimum atomic E-state index is 0.359. The molecule has 1 saturated heterocycles. The van der Waals surface area contributed by atoms with Crippen molar-refractivity contribution in [2.24, 2.45) is 5.92 Å². The molecule has 1 aliphatic rings. The second-order valence-corrected chi connectivity index (χ2v) is 6.92. The second kappa shape index (κ2) is 4.50. The quantitative estimate of drug-likeness (QED) is 0.845. The van der Waals surface area contributed by atoms with Gasteiger partial charge in [0.2, 0.25) is 0 Å². The molecule has 1 atom stereocenters. The fraction of sp³-hybridized carbons (Fsp3) is 0.714. The molecule has 2 rings (SSSR count). The van der Waals surface area contributed by atoms with Crippen LogP contribution in [0.5, 0.6) is 0 Å². The average Bonchev–Trinajstić information content (AvgIpc) is 2.76. The molecular formula is C14H23NS. The lowest BCUT2D eigenvalue weighted by atomic mass is 9.80. The molecule has 0 aliphatic carbocycles. The Balaban J connectivity index is 2.21. The Labute approximate surface area is 103 Å². The lowest BCUT2D eigenvalue weighted by Crippen LogP contribution is -2.46. The van der Waals surface area contributed by atoms with Gasteiger partial charge in [0.15, 0.2) is 0 Å². The van der Waals surface area contributed by atoms with Gasteiger partial charge in [-0.1, -0.05) is 13.8 Å². The Morgan fingerprint density at radius 3 is 2.62 bits per heavy atom. The first-order valence-electron chi connectivity index (χ1n) is 6.34. The highest BCUT2D eigenvalue weighted by Gasteiger charge is 2.36. The predicted octanol–water partition coefficient (Wildman–Crippen LogP) is 3.69. The van der Waals surface area contributed by atoms with Gasteiger partial charge in [0.05, 0.1) is 0 Å². The maximum atomic E-state index is 3.76. The summed E-state index contributed by atoms with van der Waals surface area (Å²) < 4.78 is 0. The molecule has 0 radical (unpaired) electrons. The molecule has 0 saturated carbocycles. The van der Waals surface area contributed by atoms with Crippen LogP contribution in [0, 0.1) is 19.8 Å². The van der Waals surface area contributed by atoms with Crippen molar-refractivity contribution in [1.29, 1.82) is 0 Å². The van der Waals surface area contributed by atoms with E-state index in [9.17, 15) is 0 Å². The van der Waals surface area contributed by atoms with E-state index in [1.165, 1.54) is 35.6 Å². The third-order valence-electron chi connectivity index (χ3n) is 4.03. The van der Waals surface area contributed by atoms with Gasteiger partial charge in [-0.3, -0.25) is 0 Å². The molecule has 1 aromatic heterocycles. The monoisotopic (exact) mass is 237 g/mol. The zero-order chi connectivity index (χ0) is 11.8. The van der Waals surface area contributed by atoms with Crippen molar-refractivity contribution >= 4 is 11.3 Å². The van der Waals surface area contributed by atoms with E-state index < -0.39 is 0 Å². The lowest BCUT2D eigenvalue weighted by molar-refractivity contribution is 0.269. The summed E-state index contributed by atoms with van der Waals surface area (Å²) in [6, 6.07) is 2.38. The maximum absolute atomic E-state index is 3.76. The fourth-order valence-electron chi connectivity index (χ4n) is 2.88. The zero-order valence-electron chi connectivity index (χ0n) is 10.9. The van der Waals surface area contributed by atoms with Crippen molar-refractivity contribution in [1.82, 2.24) is 5.32 Å². The van der Waals surface area contributed by atoms with Crippen LogP contribution in [-0.4, -0.2) is 12.1 Å². The molecule has 90 valence electrons. The molecule has 1 aromatic rings. The normalized spacial score (nSPS) is 25.6. The maximum Gasteiger partial charge on any atom is 0.0245 e. The van der Waals surface area contributed by atoms with Crippen LogP contribution >= 0.6 is 11.3 Å². The summed E-state index contributed by atoms with van der Waals surface area (Å²) in [5, 5.41) is 3.76. The van der Waals surface area contributed by atoms with Crippen molar-refractivity contribution < 1.29 is 0 Å². The van der Waals surface area contributed by atoms with Crippen LogP contribution in [-0.2, 0) is 6.42 Å². The molecule has 1 aliphatic heterocycles. The summed E-state index contributed by atoms with van der Waals surface area (Å²) in [6.07, 6.45) is 3.88. The van der Waals surface area contributed by atoms with E-state index in [2.05, 4.69) is 39.1 Å². The number of hydrogen-bond donors (Lipinski definition) is 1. The SMILES string of the molecule is Cc1cc(CC2(C(C)C)CCCN2)c(C)s1. The van der Waals surface area contributed by atoms with E-state index >= 15 is 0 Å². The molecule has 2 heteroatoms. The summed E-state index contributed by atoms with van der Waals surface area (Å²) in [7, 11) is 0. The van der Waals surface area contributed by atoms with E-state index in [0.29, 0.717) is 5.54 Å². The molecule has 1 nitrogen and oxygen atoms in total. The minimum Gasteiger partial charge on any atom is -0.311 e. The van der Waals surface area contributed by atoms with Gasteiger partial charge in [0, 0.05) is 15.3 Å². The van der Waals surface area contributed by atoms with Crippen molar-refractivity contribution in [2.45, 2.75) is 52.5 Å². The van der Waals surface area contributed by atoms with Gasteiger partial charge in [0.1, 0.15) is 0 Å². The molecule has 0 spiro atoms. The van der Waals surface area contributed by atoms with E-state index in [1.807, 2.05) is 11.3 Å². The van der Waals surface area contributed by atoms with Crippen molar-refractivity contribution in [3.05, 3.63) is 21.4 Å². The van der Waals surface area contributed by atoms with Crippen LogP contribution in [0.15, 0.2) is 6.07 Å². The first-order valence-corrected chi connectivity index (χ1v) is 7.16. The largest absolute Gasteiger partial charge is 0.311 e. The standard InChI is InChI=1S/C14H23NS/c1-10(2)14(6-5-7-15-14)9-13-8-11(3)16-12(13)4/h8,10,15H,5-7,9H2,1-4H3. The summed E-state index contributed by atoms with van der Waals surface area (Å²) in [5.74, 6) is 0.717. The van der Waals surface area contributed by atoms with Gasteiger partial charge in [-0.15, -0.1) is 11.3 Å². The highest BCUT2D eigenvalue weighted by molar-refractivity contribution is 7.12. The lowest BCUT2D eigenvalue weighted by Gasteiger charge is -2.34. The molecule has 16 heavy (non-hydrogen) atoms. The average molecular weight is 237 g/mol. The van der Waals surface area contributed by atoms with Crippen LogP contribution < -0.4 is 5.32 Å². The summed E-state index contributed by atoms with van der Waals surface area (Å²) in [4.78, 5) is 2.95. The Morgan fingerprint density at radius 2 is 2.19 bits per heavy atom. The van der Waals surface area contributed by atoms with Gasteiger partial charge in [0.25, 0.3) is 0 Å². The zero-order valence-corrected chi connectivity index (χ0v) is 11.7. The van der Waals surface area contributed by atoms with E-state index in [4.69, 9.17) is 0 Å². The smallest absolute Gasteiger partial charge is 0.0245 e. The molecule has 1 N–H and O–H groups in total. The van der Waals surface area contributed by atoms with Crippen LogP contribution in [0.4, 0.5) is 0 Å². The van der Waals surface area contributed by atoms with Crippen LogP contribution in [0.3, 0.4) is 0 Å². The van der Waals surface area contributed by atoms with Crippen molar-refractivity contribution in [3.63, 3.8) is 0 Å². The highest BCUT2D eigenvalue weighted by atomic mass is 32.1. The Morgan fingerprint density at radius 1 is 1.44 bits per heavy atom. The fourth-order valence-corrected chi connectivity index (χ4v) is 3.82. The molecule has 0 amide bonds. The predicted molar refractivity (Wildman–Crippen MR) is 72.3 cm³/mol. The third-order valence-corrected chi connectivity index (χ3v) is 5.04. The molecule has 0 aromatic carbocycles. The second-order valence-electron chi connectivity index (χ2n) is 5.46. The highest BCUT2D eigenvalue weighted by Crippen LogP contribution is 2.34. The molecule has 1 unspecified atom stereocenters. The summed E-state index contributed by atoms with van der Waals surface area (Å²) in [5.41, 5.74) is 1.92. The Bertz CT molecular complexity index is 359. The molecule has 1 fully saturated rings. The first kappa shape index (κ1) is 12.1. The van der Waals surface area contributed by atoms with E-state index in [1.54, 1.807) is 5.56 Å². The molecule has 0 bridgehead atoms. The van der Waals surface area contributed by atoms with E-state index in [0.717, 1.165) is 5.92 Å². The number of rotatable bonds is 3.